The van der Waals surface area contributed by atoms with Crippen molar-refractivity contribution in [3.8, 4) is 0 Å². The highest BCUT2D eigenvalue weighted by Crippen LogP contribution is 2.29. The molecule has 2 rings (SSSR count). The molecule has 0 radical (unpaired) electrons. The van der Waals surface area contributed by atoms with Gasteiger partial charge in [0.05, 0.1) is 19.4 Å². The smallest absolute Gasteiger partial charge is 0.0553 e. The van der Waals surface area contributed by atoms with E-state index in [0.717, 1.165) is 15.6 Å². The van der Waals surface area contributed by atoms with E-state index >= 15 is 0 Å². The predicted octanol–water partition coefficient (Wildman–Crippen LogP) is 1.65. The number of hydrogen-bond acceptors (Lipinski definition) is 3. The van der Waals surface area contributed by atoms with Crippen molar-refractivity contribution in [1.29, 1.82) is 0 Å². The normalized spacial score (nSPS) is 11.8. The van der Waals surface area contributed by atoms with Crippen LogP contribution >= 0.6 is 15.9 Å². The van der Waals surface area contributed by atoms with Gasteiger partial charge in [0.1, 0.15) is 0 Å². The Morgan fingerprint density at radius 3 is 2.32 bits per heavy atom. The highest BCUT2D eigenvalue weighted by atomic mass is 79.9. The minimum atomic E-state index is -0.677. The lowest BCUT2D eigenvalue weighted by atomic mass is 9.77. The number of hydrogen-bond donors (Lipinski definition) is 2. The fraction of sp³-hybridized carbons (Fsp3) is 0.357. The van der Waals surface area contributed by atoms with Gasteiger partial charge in [0, 0.05) is 23.1 Å². The Balaban J connectivity index is 2.33. The number of halogens is 1. The third-order valence-corrected chi connectivity index (χ3v) is 3.89. The molecule has 102 valence electrons. The Morgan fingerprint density at radius 2 is 1.84 bits per heavy atom. The van der Waals surface area contributed by atoms with Crippen molar-refractivity contribution in [3.05, 3.63) is 52.3 Å². The van der Waals surface area contributed by atoms with Crippen molar-refractivity contribution < 1.29 is 10.2 Å². The average molecular weight is 325 g/mol. The minimum Gasteiger partial charge on any atom is -0.395 e. The van der Waals surface area contributed by atoms with Crippen LogP contribution in [0, 0.1) is 0 Å². The first kappa shape index (κ1) is 14.2. The summed E-state index contributed by atoms with van der Waals surface area (Å²) in [4.78, 5) is 0. The molecule has 0 bridgehead atoms. The number of rotatable bonds is 5. The Kier molecular flexibility index (Phi) is 4.39. The van der Waals surface area contributed by atoms with E-state index in [4.69, 9.17) is 0 Å². The van der Waals surface area contributed by atoms with Crippen LogP contribution in [0.2, 0.25) is 0 Å². The molecule has 1 aromatic carbocycles. The molecular weight excluding hydrogens is 308 g/mol. The molecular formula is C14H17BrN2O2. The van der Waals surface area contributed by atoms with Gasteiger partial charge in [-0.25, -0.2) is 0 Å². The molecule has 0 atom stereocenters. The zero-order chi connectivity index (χ0) is 13.9. The van der Waals surface area contributed by atoms with E-state index in [1.54, 1.807) is 10.9 Å². The lowest BCUT2D eigenvalue weighted by molar-refractivity contribution is 0.116. The maximum Gasteiger partial charge on any atom is 0.0553 e. The summed E-state index contributed by atoms with van der Waals surface area (Å²) >= 11 is 3.39. The first-order valence-electron chi connectivity index (χ1n) is 6.05. The zero-order valence-electron chi connectivity index (χ0n) is 10.8. The van der Waals surface area contributed by atoms with Crippen LogP contribution in [0.5, 0.6) is 0 Å². The Labute approximate surface area is 120 Å². The molecule has 0 fully saturated rings. The number of nitrogens with zero attached hydrogens (tertiary/aromatic N) is 2. The standard InChI is InChI=1S/C14H17BrN2O2/c1-17-8-11(7-16-17)6-14(9-18,10-19)12-2-4-13(15)5-3-12/h2-5,7-8,18-19H,6,9-10H2,1H3. The molecule has 0 aliphatic heterocycles. The summed E-state index contributed by atoms with van der Waals surface area (Å²) in [5.74, 6) is 0. The van der Waals surface area contributed by atoms with Gasteiger partial charge in [0.15, 0.2) is 0 Å². The Hall–Kier alpha value is -1.17. The first-order valence-corrected chi connectivity index (χ1v) is 6.84. The van der Waals surface area contributed by atoms with E-state index in [9.17, 15) is 10.2 Å². The minimum absolute atomic E-state index is 0.111. The van der Waals surface area contributed by atoms with Crippen LogP contribution in [0.1, 0.15) is 11.1 Å². The molecule has 2 aromatic rings. The first-order chi connectivity index (χ1) is 9.09. The van der Waals surface area contributed by atoms with Crippen LogP contribution < -0.4 is 0 Å². The fourth-order valence-electron chi connectivity index (χ4n) is 2.20. The van der Waals surface area contributed by atoms with E-state index < -0.39 is 5.41 Å². The molecule has 2 N–H and O–H groups in total. The molecule has 5 heteroatoms. The molecule has 19 heavy (non-hydrogen) atoms. The predicted molar refractivity (Wildman–Crippen MR) is 76.9 cm³/mol. The molecule has 1 heterocycles. The number of aliphatic hydroxyl groups is 2. The van der Waals surface area contributed by atoms with E-state index in [-0.39, 0.29) is 13.2 Å². The van der Waals surface area contributed by atoms with E-state index in [1.807, 2.05) is 37.5 Å². The number of benzene rings is 1. The second-order valence-electron chi connectivity index (χ2n) is 4.80. The highest BCUT2D eigenvalue weighted by Gasteiger charge is 2.31. The molecule has 0 saturated heterocycles. The summed E-state index contributed by atoms with van der Waals surface area (Å²) in [5, 5.41) is 23.7. The van der Waals surface area contributed by atoms with Gasteiger partial charge in [0.2, 0.25) is 0 Å². The molecule has 0 spiro atoms. The molecule has 0 amide bonds. The molecule has 0 unspecified atom stereocenters. The monoisotopic (exact) mass is 324 g/mol. The van der Waals surface area contributed by atoms with Crippen LogP contribution in [-0.4, -0.2) is 33.2 Å². The fourth-order valence-corrected chi connectivity index (χ4v) is 2.47. The summed E-state index contributed by atoms with van der Waals surface area (Å²) in [7, 11) is 1.85. The Morgan fingerprint density at radius 1 is 1.21 bits per heavy atom. The molecule has 0 saturated carbocycles. The van der Waals surface area contributed by atoms with Gasteiger partial charge in [-0.1, -0.05) is 28.1 Å². The van der Waals surface area contributed by atoms with E-state index in [1.165, 1.54) is 0 Å². The third kappa shape index (κ3) is 3.05. The zero-order valence-corrected chi connectivity index (χ0v) is 12.3. The van der Waals surface area contributed by atoms with Crippen LogP contribution in [0.15, 0.2) is 41.1 Å². The molecule has 4 nitrogen and oxygen atoms in total. The van der Waals surface area contributed by atoms with Crippen molar-refractivity contribution >= 4 is 15.9 Å². The van der Waals surface area contributed by atoms with Crippen molar-refractivity contribution in [2.24, 2.45) is 7.05 Å². The molecule has 1 aromatic heterocycles. The summed E-state index contributed by atoms with van der Waals surface area (Å²) in [5.41, 5.74) is 1.24. The molecule has 0 aliphatic carbocycles. The van der Waals surface area contributed by atoms with Gasteiger partial charge < -0.3 is 10.2 Å². The second kappa shape index (κ2) is 5.86. The lowest BCUT2D eigenvalue weighted by Gasteiger charge is -2.30. The van der Waals surface area contributed by atoms with Crippen molar-refractivity contribution in [2.45, 2.75) is 11.8 Å². The van der Waals surface area contributed by atoms with Gasteiger partial charge in [-0.3, -0.25) is 4.68 Å². The largest absolute Gasteiger partial charge is 0.395 e. The van der Waals surface area contributed by atoms with Crippen LogP contribution in [0.3, 0.4) is 0 Å². The summed E-state index contributed by atoms with van der Waals surface area (Å²) < 4.78 is 2.69. The topological polar surface area (TPSA) is 58.3 Å². The SMILES string of the molecule is Cn1cc(CC(CO)(CO)c2ccc(Br)cc2)cn1. The van der Waals surface area contributed by atoms with Crippen molar-refractivity contribution in [3.63, 3.8) is 0 Å². The average Bonchev–Trinajstić information content (AvgIpc) is 2.82. The Bertz CT molecular complexity index is 533. The third-order valence-electron chi connectivity index (χ3n) is 3.36. The quantitative estimate of drug-likeness (QED) is 0.879. The van der Waals surface area contributed by atoms with Gasteiger partial charge in [-0.05, 0) is 29.7 Å². The van der Waals surface area contributed by atoms with Crippen LogP contribution in [0.25, 0.3) is 0 Å². The summed E-state index contributed by atoms with van der Waals surface area (Å²) in [6.45, 7) is -0.222. The second-order valence-corrected chi connectivity index (χ2v) is 5.72. The lowest BCUT2D eigenvalue weighted by Crippen LogP contribution is -2.37. The number of aryl methyl sites for hydroxylation is 1. The van der Waals surface area contributed by atoms with Gasteiger partial charge in [0.25, 0.3) is 0 Å². The summed E-state index contributed by atoms with van der Waals surface area (Å²) in [6.07, 6.45) is 4.22. The van der Waals surface area contributed by atoms with Crippen molar-refractivity contribution in [2.75, 3.05) is 13.2 Å². The van der Waals surface area contributed by atoms with Gasteiger partial charge in [-0.15, -0.1) is 0 Å². The summed E-state index contributed by atoms with van der Waals surface area (Å²) in [6, 6.07) is 7.68. The van der Waals surface area contributed by atoms with Crippen LogP contribution in [-0.2, 0) is 18.9 Å². The number of aromatic nitrogens is 2. The maximum absolute atomic E-state index is 9.77. The van der Waals surface area contributed by atoms with Gasteiger partial charge in [-0.2, -0.15) is 5.10 Å². The highest BCUT2D eigenvalue weighted by molar-refractivity contribution is 9.10. The number of aliphatic hydroxyl groups excluding tert-OH is 2. The van der Waals surface area contributed by atoms with Crippen LogP contribution in [0.4, 0.5) is 0 Å². The maximum atomic E-state index is 9.77. The van der Waals surface area contributed by atoms with E-state index in [2.05, 4.69) is 21.0 Å². The van der Waals surface area contributed by atoms with E-state index in [0.29, 0.717) is 6.42 Å². The molecule has 0 aliphatic rings. The van der Waals surface area contributed by atoms with Gasteiger partial charge >= 0.3 is 0 Å². The van der Waals surface area contributed by atoms with Crippen molar-refractivity contribution in [1.82, 2.24) is 9.78 Å².